The maximum Gasteiger partial charge on any atom is 0.236 e. The third-order valence-electron chi connectivity index (χ3n) is 6.06. The monoisotopic (exact) mass is 491 g/mol. The Balaban J connectivity index is 1.42. The number of rotatable bonds is 5. The van der Waals surface area contributed by atoms with Crippen LogP contribution in [0, 0.1) is 13.8 Å². The van der Waals surface area contributed by atoms with Gasteiger partial charge in [-0.25, -0.2) is 18.4 Å². The molecule has 1 aliphatic rings. The third-order valence-corrected chi connectivity index (χ3v) is 8.73. The predicted octanol–water partition coefficient (Wildman–Crippen LogP) is 4.49. The molecule has 0 saturated carbocycles. The van der Waals surface area contributed by atoms with E-state index in [4.69, 9.17) is 9.97 Å². The predicted molar refractivity (Wildman–Crippen MR) is 138 cm³/mol. The lowest BCUT2D eigenvalue weighted by atomic mass is 10.2. The van der Waals surface area contributed by atoms with Gasteiger partial charge in [0.1, 0.15) is 10.6 Å². The molecule has 1 saturated heterocycles. The topological polar surface area (TPSA) is 79.3 Å². The number of piperazine rings is 1. The molecule has 0 spiro atoms. The zero-order valence-electron chi connectivity index (χ0n) is 19.0. The van der Waals surface area contributed by atoms with Crippen LogP contribution in [0.4, 0.5) is 5.82 Å². The molecule has 9 heteroatoms. The maximum atomic E-state index is 12.9. The van der Waals surface area contributed by atoms with Crippen LogP contribution in [0.15, 0.2) is 60.3 Å². The van der Waals surface area contributed by atoms with Gasteiger partial charge in [-0.15, -0.1) is 11.3 Å². The van der Waals surface area contributed by atoms with Gasteiger partial charge < -0.3 is 4.90 Å². The average molecular weight is 492 g/mol. The quantitative estimate of drug-likeness (QED) is 0.409. The molecule has 0 radical (unpaired) electrons. The van der Waals surface area contributed by atoms with Crippen LogP contribution in [0.2, 0.25) is 0 Å². The van der Waals surface area contributed by atoms with Crippen molar-refractivity contribution in [2.45, 2.75) is 13.8 Å². The number of sulfonamides is 1. The van der Waals surface area contributed by atoms with Crippen molar-refractivity contribution in [3.63, 3.8) is 0 Å². The summed E-state index contributed by atoms with van der Waals surface area (Å²) in [7, 11) is -3.50. The first-order valence-corrected chi connectivity index (χ1v) is 13.4. The van der Waals surface area contributed by atoms with Gasteiger partial charge in [0.2, 0.25) is 10.0 Å². The highest BCUT2D eigenvalue weighted by molar-refractivity contribution is 7.92. The molecule has 3 aromatic heterocycles. The molecule has 1 aliphatic heterocycles. The zero-order valence-corrected chi connectivity index (χ0v) is 20.7. The number of nitrogens with zero attached hydrogens (tertiary/aromatic N) is 5. The Kier molecular flexibility index (Phi) is 6.16. The van der Waals surface area contributed by atoms with E-state index < -0.39 is 10.0 Å². The van der Waals surface area contributed by atoms with Gasteiger partial charge in [0.15, 0.2) is 5.82 Å². The van der Waals surface area contributed by atoms with Crippen molar-refractivity contribution >= 4 is 43.5 Å². The van der Waals surface area contributed by atoms with Crippen LogP contribution in [-0.4, -0.2) is 53.9 Å². The number of hydrogen-bond donors (Lipinski definition) is 0. The highest BCUT2D eigenvalue weighted by Crippen LogP contribution is 2.37. The normalized spacial score (nSPS) is 15.4. The van der Waals surface area contributed by atoms with Crippen LogP contribution in [0.3, 0.4) is 0 Å². The van der Waals surface area contributed by atoms with Crippen LogP contribution in [0.5, 0.6) is 0 Å². The van der Waals surface area contributed by atoms with Crippen molar-refractivity contribution in [1.82, 2.24) is 19.3 Å². The van der Waals surface area contributed by atoms with Gasteiger partial charge in [-0.05, 0) is 43.2 Å². The molecule has 0 amide bonds. The Morgan fingerprint density at radius 3 is 2.44 bits per heavy atom. The summed E-state index contributed by atoms with van der Waals surface area (Å²) >= 11 is 1.66. The Hall–Kier alpha value is -3.14. The number of aryl methyl sites for hydroxylation is 2. The van der Waals surface area contributed by atoms with Gasteiger partial charge in [0.25, 0.3) is 0 Å². The van der Waals surface area contributed by atoms with E-state index in [0.29, 0.717) is 32.0 Å². The second-order valence-corrected chi connectivity index (χ2v) is 11.2. The molecular formula is C25H25N5O2S2. The minimum absolute atomic E-state index is 0.400. The molecule has 0 aliphatic carbocycles. The number of hydrogen-bond acceptors (Lipinski definition) is 7. The molecule has 174 valence electrons. The smallest absolute Gasteiger partial charge is 0.236 e. The third kappa shape index (κ3) is 4.46. The van der Waals surface area contributed by atoms with E-state index in [2.05, 4.69) is 23.7 Å². The number of pyridine rings is 1. The van der Waals surface area contributed by atoms with Crippen LogP contribution in [0.25, 0.3) is 27.7 Å². The van der Waals surface area contributed by atoms with Crippen molar-refractivity contribution < 1.29 is 8.42 Å². The summed E-state index contributed by atoms with van der Waals surface area (Å²) in [4.78, 5) is 18.3. The van der Waals surface area contributed by atoms with Crippen molar-refractivity contribution in [2.75, 3.05) is 31.1 Å². The van der Waals surface area contributed by atoms with Gasteiger partial charge in [0.05, 0.1) is 5.39 Å². The van der Waals surface area contributed by atoms with E-state index in [1.54, 1.807) is 29.8 Å². The standard InChI is InChI=1S/C25H25N5O2S2/c1-18-19(2)33-25-22(18)24(27-23(28-25)21-9-6-11-26-17-21)29-12-14-30(15-13-29)34(31,32)16-10-20-7-4-3-5-8-20/h3-11,16-17H,12-15H2,1-2H3/b16-10+. The van der Waals surface area contributed by atoms with Crippen molar-refractivity contribution in [3.05, 3.63) is 76.3 Å². The lowest BCUT2D eigenvalue weighted by molar-refractivity contribution is 0.389. The first-order valence-electron chi connectivity index (χ1n) is 11.1. The highest BCUT2D eigenvalue weighted by atomic mass is 32.2. The average Bonchev–Trinajstić information content (AvgIpc) is 3.16. The molecule has 4 heterocycles. The van der Waals surface area contributed by atoms with Crippen molar-refractivity contribution in [2.24, 2.45) is 0 Å². The summed E-state index contributed by atoms with van der Waals surface area (Å²) in [6.07, 6.45) is 5.14. The van der Waals surface area contributed by atoms with Crippen LogP contribution in [0.1, 0.15) is 16.0 Å². The summed E-state index contributed by atoms with van der Waals surface area (Å²) in [6, 6.07) is 13.3. The van der Waals surface area contributed by atoms with Crippen LogP contribution < -0.4 is 4.90 Å². The van der Waals surface area contributed by atoms with Gasteiger partial charge in [-0.2, -0.15) is 4.31 Å². The molecule has 4 aromatic rings. The largest absolute Gasteiger partial charge is 0.353 e. The highest BCUT2D eigenvalue weighted by Gasteiger charge is 2.28. The second kappa shape index (κ2) is 9.25. The number of benzene rings is 1. The van der Waals surface area contributed by atoms with Crippen LogP contribution in [-0.2, 0) is 10.0 Å². The van der Waals surface area contributed by atoms with E-state index in [0.717, 1.165) is 27.2 Å². The number of thiophene rings is 1. The molecule has 0 atom stereocenters. The number of aromatic nitrogens is 3. The minimum atomic E-state index is -3.50. The summed E-state index contributed by atoms with van der Waals surface area (Å²) < 4.78 is 27.3. The molecule has 1 aromatic carbocycles. The van der Waals surface area contributed by atoms with Crippen molar-refractivity contribution in [3.8, 4) is 11.4 Å². The zero-order chi connectivity index (χ0) is 23.7. The Morgan fingerprint density at radius 2 is 1.74 bits per heavy atom. The fourth-order valence-corrected chi connectivity index (χ4v) is 6.25. The molecule has 0 bridgehead atoms. The first kappa shape index (κ1) is 22.6. The second-order valence-electron chi connectivity index (χ2n) is 8.22. The van der Waals surface area contributed by atoms with E-state index in [1.807, 2.05) is 42.5 Å². The van der Waals surface area contributed by atoms with Gasteiger partial charge >= 0.3 is 0 Å². The van der Waals surface area contributed by atoms with E-state index >= 15 is 0 Å². The summed E-state index contributed by atoms with van der Waals surface area (Å²) in [5, 5.41) is 2.35. The molecule has 34 heavy (non-hydrogen) atoms. The maximum absolute atomic E-state index is 12.9. The lowest BCUT2D eigenvalue weighted by Crippen LogP contribution is -2.48. The molecular weight excluding hydrogens is 466 g/mol. The molecule has 0 unspecified atom stereocenters. The van der Waals surface area contributed by atoms with Gasteiger partial charge in [-0.1, -0.05) is 30.3 Å². The summed E-state index contributed by atoms with van der Waals surface area (Å²) in [6.45, 7) is 6.12. The SMILES string of the molecule is Cc1sc2nc(-c3cccnc3)nc(N3CCN(S(=O)(=O)/C=C/c4ccccc4)CC3)c2c1C. The minimum Gasteiger partial charge on any atom is -0.353 e. The number of anilines is 1. The molecule has 1 fully saturated rings. The fourth-order valence-electron chi connectivity index (χ4n) is 4.05. The molecule has 5 rings (SSSR count). The van der Waals surface area contributed by atoms with Crippen LogP contribution >= 0.6 is 11.3 Å². The lowest BCUT2D eigenvalue weighted by Gasteiger charge is -2.34. The summed E-state index contributed by atoms with van der Waals surface area (Å²) in [5.41, 5.74) is 2.90. The number of fused-ring (bicyclic) bond motifs is 1. The van der Waals surface area contributed by atoms with E-state index in [1.165, 1.54) is 20.2 Å². The van der Waals surface area contributed by atoms with Gasteiger partial charge in [-0.3, -0.25) is 4.98 Å². The van der Waals surface area contributed by atoms with Gasteiger partial charge in [0, 0.05) is 54.4 Å². The fraction of sp³-hybridized carbons (Fsp3) is 0.240. The molecule has 7 nitrogen and oxygen atoms in total. The Morgan fingerprint density at radius 1 is 0.971 bits per heavy atom. The Bertz CT molecular complexity index is 1440. The van der Waals surface area contributed by atoms with E-state index in [-0.39, 0.29) is 0 Å². The van der Waals surface area contributed by atoms with Crippen molar-refractivity contribution in [1.29, 1.82) is 0 Å². The van der Waals surface area contributed by atoms with E-state index in [9.17, 15) is 8.42 Å². The Labute approximate surface area is 203 Å². The molecule has 0 N–H and O–H groups in total. The summed E-state index contributed by atoms with van der Waals surface area (Å²) in [5.74, 6) is 1.50. The first-order chi connectivity index (χ1) is 16.4.